The monoisotopic (exact) mass is 363 g/mol. The van der Waals surface area contributed by atoms with Crippen LogP contribution in [-0.2, 0) is 4.79 Å². The number of halogens is 1. The minimum Gasteiger partial charge on any atom is -0.346 e. The second-order valence-corrected chi connectivity index (χ2v) is 6.23. The van der Waals surface area contributed by atoms with Crippen LogP contribution in [0.25, 0.3) is 17.2 Å². The fourth-order valence-corrected chi connectivity index (χ4v) is 2.64. The van der Waals surface area contributed by atoms with Gasteiger partial charge < -0.3 is 5.32 Å². The molecule has 3 aromatic rings. The van der Waals surface area contributed by atoms with Crippen molar-refractivity contribution < 1.29 is 4.79 Å². The summed E-state index contributed by atoms with van der Waals surface area (Å²) in [5.74, 6) is -0.145. The molecule has 2 aromatic heterocycles. The van der Waals surface area contributed by atoms with Crippen LogP contribution < -0.4 is 5.32 Å². The lowest BCUT2D eigenvalue weighted by Gasteiger charge is -2.14. The van der Waals surface area contributed by atoms with Crippen LogP contribution in [0, 0.1) is 0 Å². The Hall–Kier alpha value is -2.98. The van der Waals surface area contributed by atoms with Crippen molar-refractivity contribution >= 4 is 23.6 Å². The Labute approximate surface area is 157 Å². The lowest BCUT2D eigenvalue weighted by molar-refractivity contribution is -0.117. The predicted octanol–water partition coefficient (Wildman–Crippen LogP) is 4.69. The topological polar surface area (TPSA) is 54.9 Å². The van der Waals surface area contributed by atoms with Crippen molar-refractivity contribution in [2.75, 3.05) is 0 Å². The zero-order valence-electron chi connectivity index (χ0n) is 14.3. The van der Waals surface area contributed by atoms with Gasteiger partial charge in [0.1, 0.15) is 5.15 Å². The van der Waals surface area contributed by atoms with Crippen molar-refractivity contribution in [2.24, 2.45) is 0 Å². The van der Waals surface area contributed by atoms with Crippen molar-refractivity contribution in [1.82, 2.24) is 15.3 Å². The highest BCUT2D eigenvalue weighted by Gasteiger charge is 2.09. The van der Waals surface area contributed by atoms with Crippen LogP contribution in [0.3, 0.4) is 0 Å². The Kier molecular flexibility index (Phi) is 5.77. The van der Waals surface area contributed by atoms with Gasteiger partial charge >= 0.3 is 0 Å². The van der Waals surface area contributed by atoms with Gasteiger partial charge in [-0.05, 0) is 60.0 Å². The highest BCUT2D eigenvalue weighted by molar-refractivity contribution is 6.29. The standard InChI is InChI=1S/C21H18ClN3O/c1-15(25-21(26)8-5-16-9-11-23-12-10-16)17-3-2-4-18(13-17)19-6-7-20(22)24-14-19/h2-15H,1H3,(H,25,26)/b8-5+/t15-/m0/s1. The molecule has 0 aliphatic carbocycles. The Morgan fingerprint density at radius 3 is 2.65 bits per heavy atom. The summed E-state index contributed by atoms with van der Waals surface area (Å²) in [4.78, 5) is 20.2. The molecular formula is C21H18ClN3O. The maximum absolute atomic E-state index is 12.2. The number of pyridine rings is 2. The summed E-state index contributed by atoms with van der Waals surface area (Å²) >= 11 is 5.84. The first kappa shape index (κ1) is 17.8. The molecule has 0 bridgehead atoms. The molecule has 5 heteroatoms. The van der Waals surface area contributed by atoms with Crippen molar-refractivity contribution in [2.45, 2.75) is 13.0 Å². The van der Waals surface area contributed by atoms with Gasteiger partial charge in [0.15, 0.2) is 0 Å². The average molecular weight is 364 g/mol. The van der Waals surface area contributed by atoms with E-state index in [1.54, 1.807) is 30.7 Å². The van der Waals surface area contributed by atoms with Crippen molar-refractivity contribution in [3.8, 4) is 11.1 Å². The maximum atomic E-state index is 12.2. The molecule has 0 fully saturated rings. The van der Waals surface area contributed by atoms with Crippen LogP contribution in [0.2, 0.25) is 5.15 Å². The molecule has 130 valence electrons. The summed E-state index contributed by atoms with van der Waals surface area (Å²) in [5.41, 5.74) is 3.95. The van der Waals surface area contributed by atoms with Gasteiger partial charge in [-0.2, -0.15) is 0 Å². The summed E-state index contributed by atoms with van der Waals surface area (Å²) in [7, 11) is 0. The third kappa shape index (κ3) is 4.77. The maximum Gasteiger partial charge on any atom is 0.244 e. The van der Waals surface area contributed by atoms with E-state index in [1.165, 1.54) is 6.08 Å². The average Bonchev–Trinajstić information content (AvgIpc) is 2.68. The number of aromatic nitrogens is 2. The number of nitrogens with zero attached hydrogens (tertiary/aromatic N) is 2. The van der Waals surface area contributed by atoms with E-state index in [1.807, 2.05) is 49.4 Å². The number of hydrogen-bond acceptors (Lipinski definition) is 3. The van der Waals surface area contributed by atoms with E-state index < -0.39 is 0 Å². The van der Waals surface area contributed by atoms with E-state index in [0.29, 0.717) is 5.15 Å². The van der Waals surface area contributed by atoms with E-state index in [0.717, 1.165) is 22.3 Å². The Morgan fingerprint density at radius 2 is 1.92 bits per heavy atom. The first-order valence-corrected chi connectivity index (χ1v) is 8.60. The van der Waals surface area contributed by atoms with Gasteiger partial charge in [0.25, 0.3) is 0 Å². The molecule has 0 radical (unpaired) electrons. The number of benzene rings is 1. The lowest BCUT2D eigenvalue weighted by Crippen LogP contribution is -2.24. The van der Waals surface area contributed by atoms with Gasteiger partial charge in [-0.15, -0.1) is 0 Å². The molecule has 3 rings (SSSR count). The number of nitrogens with one attached hydrogen (secondary N) is 1. The van der Waals surface area contributed by atoms with Gasteiger partial charge in [-0.1, -0.05) is 29.8 Å². The normalized spacial score (nSPS) is 12.1. The summed E-state index contributed by atoms with van der Waals surface area (Å²) in [6, 6.07) is 15.3. The minimum atomic E-state index is -0.145. The molecule has 1 aromatic carbocycles. The van der Waals surface area contributed by atoms with E-state index in [9.17, 15) is 4.79 Å². The molecule has 0 spiro atoms. The Morgan fingerprint density at radius 1 is 1.12 bits per heavy atom. The molecule has 0 aliphatic heterocycles. The molecule has 0 saturated heterocycles. The summed E-state index contributed by atoms with van der Waals surface area (Å²) in [6.07, 6.45) is 8.41. The van der Waals surface area contributed by atoms with Crippen molar-refractivity contribution in [3.05, 3.63) is 89.5 Å². The highest BCUT2D eigenvalue weighted by Crippen LogP contribution is 2.23. The van der Waals surface area contributed by atoms with E-state index >= 15 is 0 Å². The number of amides is 1. The van der Waals surface area contributed by atoms with Crippen LogP contribution >= 0.6 is 11.6 Å². The molecule has 0 aliphatic rings. The van der Waals surface area contributed by atoms with Crippen LogP contribution in [0.4, 0.5) is 0 Å². The second-order valence-electron chi connectivity index (χ2n) is 5.84. The summed E-state index contributed by atoms with van der Waals surface area (Å²) in [6.45, 7) is 1.96. The number of rotatable bonds is 5. The zero-order chi connectivity index (χ0) is 18.4. The molecule has 2 heterocycles. The van der Waals surface area contributed by atoms with E-state index in [-0.39, 0.29) is 11.9 Å². The number of carbonyl (C=O) groups is 1. The quantitative estimate of drug-likeness (QED) is 0.528. The largest absolute Gasteiger partial charge is 0.346 e. The fraction of sp³-hybridized carbons (Fsp3) is 0.0952. The van der Waals surface area contributed by atoms with Gasteiger partial charge in [0.05, 0.1) is 6.04 Å². The van der Waals surface area contributed by atoms with Gasteiger partial charge in [0, 0.05) is 30.2 Å². The van der Waals surface area contributed by atoms with Crippen LogP contribution in [-0.4, -0.2) is 15.9 Å². The van der Waals surface area contributed by atoms with Crippen LogP contribution in [0.1, 0.15) is 24.1 Å². The first-order valence-electron chi connectivity index (χ1n) is 8.22. The smallest absolute Gasteiger partial charge is 0.244 e. The molecule has 26 heavy (non-hydrogen) atoms. The van der Waals surface area contributed by atoms with Gasteiger partial charge in [-0.25, -0.2) is 4.98 Å². The minimum absolute atomic E-state index is 0.121. The predicted molar refractivity (Wildman–Crippen MR) is 105 cm³/mol. The van der Waals surface area contributed by atoms with E-state index in [2.05, 4.69) is 15.3 Å². The third-order valence-electron chi connectivity index (χ3n) is 3.94. The van der Waals surface area contributed by atoms with Crippen molar-refractivity contribution in [3.63, 3.8) is 0 Å². The highest BCUT2D eigenvalue weighted by atomic mass is 35.5. The third-order valence-corrected chi connectivity index (χ3v) is 4.16. The summed E-state index contributed by atoms with van der Waals surface area (Å²) in [5, 5.41) is 3.44. The molecule has 0 saturated carbocycles. The Bertz CT molecular complexity index is 908. The van der Waals surface area contributed by atoms with Crippen LogP contribution in [0.5, 0.6) is 0 Å². The molecule has 1 amide bonds. The molecular weight excluding hydrogens is 346 g/mol. The molecule has 1 atom stereocenters. The number of carbonyl (C=O) groups excluding carboxylic acids is 1. The SMILES string of the molecule is C[C@H](NC(=O)/C=C/c1ccncc1)c1cccc(-c2ccc(Cl)nc2)c1. The van der Waals surface area contributed by atoms with Gasteiger partial charge in [0.2, 0.25) is 5.91 Å². The van der Waals surface area contributed by atoms with Crippen molar-refractivity contribution in [1.29, 1.82) is 0 Å². The molecule has 1 N–H and O–H groups in total. The summed E-state index contributed by atoms with van der Waals surface area (Å²) < 4.78 is 0. The van der Waals surface area contributed by atoms with Crippen LogP contribution in [0.15, 0.2) is 73.2 Å². The number of hydrogen-bond donors (Lipinski definition) is 1. The zero-order valence-corrected chi connectivity index (χ0v) is 15.0. The second kappa shape index (κ2) is 8.41. The Balaban J connectivity index is 1.69. The fourth-order valence-electron chi connectivity index (χ4n) is 2.53. The van der Waals surface area contributed by atoms with E-state index in [4.69, 9.17) is 11.6 Å². The van der Waals surface area contributed by atoms with Gasteiger partial charge in [-0.3, -0.25) is 9.78 Å². The molecule has 0 unspecified atom stereocenters. The first-order chi connectivity index (χ1) is 12.6. The molecule has 4 nitrogen and oxygen atoms in total. The lowest BCUT2D eigenvalue weighted by atomic mass is 10.0.